The van der Waals surface area contributed by atoms with Crippen molar-refractivity contribution in [3.8, 4) is 0 Å². The Morgan fingerprint density at radius 2 is 1.86 bits per heavy atom. The smallest absolute Gasteiger partial charge is 0.0951 e. The molecule has 0 amide bonds. The molecule has 14 heavy (non-hydrogen) atoms. The van der Waals surface area contributed by atoms with Gasteiger partial charge in [0.15, 0.2) is 0 Å². The van der Waals surface area contributed by atoms with Crippen LogP contribution in [0.5, 0.6) is 0 Å². The van der Waals surface area contributed by atoms with E-state index in [1.54, 1.807) is 0 Å². The van der Waals surface area contributed by atoms with Crippen molar-refractivity contribution in [3.63, 3.8) is 0 Å². The summed E-state index contributed by atoms with van der Waals surface area (Å²) in [5, 5.41) is 38.0. The van der Waals surface area contributed by atoms with E-state index in [9.17, 15) is 10.2 Å². The molecule has 1 fully saturated rings. The standard InChI is InChI=1S/C10H20O4/c11-6-8-9(13)4-2-1-3-5-10(8,14)7-12/h8-9,11-14H,1-7H2. The van der Waals surface area contributed by atoms with Crippen LogP contribution in [0, 0.1) is 5.92 Å². The van der Waals surface area contributed by atoms with Gasteiger partial charge in [0.1, 0.15) is 0 Å². The van der Waals surface area contributed by atoms with Gasteiger partial charge in [0, 0.05) is 5.92 Å². The molecule has 1 aliphatic carbocycles. The predicted molar refractivity (Wildman–Crippen MR) is 51.7 cm³/mol. The van der Waals surface area contributed by atoms with Gasteiger partial charge in [0.25, 0.3) is 0 Å². The third-order valence-corrected chi connectivity index (χ3v) is 3.23. The van der Waals surface area contributed by atoms with Crippen LogP contribution in [0.4, 0.5) is 0 Å². The van der Waals surface area contributed by atoms with Crippen molar-refractivity contribution in [2.75, 3.05) is 13.2 Å². The third kappa shape index (κ3) is 2.45. The van der Waals surface area contributed by atoms with Gasteiger partial charge in [-0.25, -0.2) is 0 Å². The average Bonchev–Trinajstić information content (AvgIpc) is 2.16. The van der Waals surface area contributed by atoms with Gasteiger partial charge in [-0.2, -0.15) is 0 Å². The molecule has 0 aromatic carbocycles. The maximum Gasteiger partial charge on any atom is 0.0951 e. The minimum Gasteiger partial charge on any atom is -0.396 e. The second-order valence-corrected chi connectivity index (χ2v) is 4.22. The fraction of sp³-hybridized carbons (Fsp3) is 1.00. The number of rotatable bonds is 2. The molecule has 3 unspecified atom stereocenters. The Labute approximate surface area is 84.2 Å². The van der Waals surface area contributed by atoms with Gasteiger partial charge >= 0.3 is 0 Å². The molecule has 0 aliphatic heterocycles. The second kappa shape index (κ2) is 5.07. The molecule has 0 heterocycles. The van der Waals surface area contributed by atoms with Crippen LogP contribution < -0.4 is 0 Å². The molecule has 0 bridgehead atoms. The molecule has 0 saturated heterocycles. The van der Waals surface area contributed by atoms with Gasteiger partial charge in [-0.05, 0) is 12.8 Å². The number of aliphatic hydroxyl groups is 4. The van der Waals surface area contributed by atoms with Crippen molar-refractivity contribution in [2.45, 2.75) is 43.8 Å². The van der Waals surface area contributed by atoms with E-state index in [2.05, 4.69) is 0 Å². The van der Waals surface area contributed by atoms with Crippen LogP contribution >= 0.6 is 0 Å². The van der Waals surface area contributed by atoms with E-state index >= 15 is 0 Å². The van der Waals surface area contributed by atoms with Crippen LogP contribution in [0.3, 0.4) is 0 Å². The molecule has 4 nitrogen and oxygen atoms in total. The summed E-state index contributed by atoms with van der Waals surface area (Å²) in [6, 6.07) is 0. The van der Waals surface area contributed by atoms with Crippen molar-refractivity contribution < 1.29 is 20.4 Å². The third-order valence-electron chi connectivity index (χ3n) is 3.23. The Morgan fingerprint density at radius 1 is 1.14 bits per heavy atom. The van der Waals surface area contributed by atoms with Crippen molar-refractivity contribution in [1.29, 1.82) is 0 Å². The fourth-order valence-corrected chi connectivity index (χ4v) is 2.19. The first-order valence-corrected chi connectivity index (χ1v) is 5.26. The van der Waals surface area contributed by atoms with Gasteiger partial charge in [-0.1, -0.05) is 19.3 Å². The number of hydrogen-bond donors (Lipinski definition) is 4. The van der Waals surface area contributed by atoms with Crippen LogP contribution in [0.15, 0.2) is 0 Å². The molecule has 0 radical (unpaired) electrons. The fourth-order valence-electron chi connectivity index (χ4n) is 2.19. The van der Waals surface area contributed by atoms with Crippen LogP contribution in [-0.4, -0.2) is 45.3 Å². The second-order valence-electron chi connectivity index (χ2n) is 4.22. The zero-order valence-electron chi connectivity index (χ0n) is 8.39. The van der Waals surface area contributed by atoms with Gasteiger partial charge in [-0.3, -0.25) is 0 Å². The van der Waals surface area contributed by atoms with E-state index in [1.807, 2.05) is 0 Å². The first-order chi connectivity index (χ1) is 6.64. The number of aliphatic hydroxyl groups excluding tert-OH is 3. The average molecular weight is 204 g/mol. The number of hydrogen-bond acceptors (Lipinski definition) is 4. The van der Waals surface area contributed by atoms with Crippen molar-refractivity contribution >= 4 is 0 Å². The lowest BCUT2D eigenvalue weighted by Crippen LogP contribution is -2.49. The van der Waals surface area contributed by atoms with E-state index in [0.717, 1.165) is 19.3 Å². The summed E-state index contributed by atoms with van der Waals surface area (Å²) < 4.78 is 0. The molecule has 4 heteroatoms. The first-order valence-electron chi connectivity index (χ1n) is 5.26. The van der Waals surface area contributed by atoms with Gasteiger partial charge in [0.05, 0.1) is 24.9 Å². The SMILES string of the molecule is OCC1C(O)CCCCCC1(O)CO. The van der Waals surface area contributed by atoms with Crippen LogP contribution in [0.1, 0.15) is 32.1 Å². The minimum atomic E-state index is -1.31. The Kier molecular flexibility index (Phi) is 4.31. The highest BCUT2D eigenvalue weighted by molar-refractivity contribution is 4.91. The summed E-state index contributed by atoms with van der Waals surface area (Å²) in [5.74, 6) is -0.618. The Bertz CT molecular complexity index is 174. The lowest BCUT2D eigenvalue weighted by molar-refractivity contribution is -0.127. The maximum atomic E-state index is 10.0. The molecule has 1 aliphatic rings. The largest absolute Gasteiger partial charge is 0.396 e. The first kappa shape index (κ1) is 11.9. The summed E-state index contributed by atoms with van der Waals surface area (Å²) in [6.45, 7) is -0.673. The molecule has 1 rings (SSSR count). The summed E-state index contributed by atoms with van der Waals surface area (Å²) in [4.78, 5) is 0. The van der Waals surface area contributed by atoms with E-state index in [4.69, 9.17) is 10.2 Å². The van der Waals surface area contributed by atoms with Crippen LogP contribution in [0.25, 0.3) is 0 Å². The van der Waals surface area contributed by atoms with E-state index in [0.29, 0.717) is 12.8 Å². The molecular formula is C10H20O4. The summed E-state index contributed by atoms with van der Waals surface area (Å²) in [5.41, 5.74) is -1.31. The van der Waals surface area contributed by atoms with Gasteiger partial charge in [0.2, 0.25) is 0 Å². The highest BCUT2D eigenvalue weighted by Crippen LogP contribution is 2.31. The van der Waals surface area contributed by atoms with Crippen molar-refractivity contribution in [2.24, 2.45) is 5.92 Å². The normalized spacial score (nSPS) is 40.3. The Balaban J connectivity index is 2.74. The van der Waals surface area contributed by atoms with Crippen LogP contribution in [-0.2, 0) is 0 Å². The maximum absolute atomic E-state index is 10.0. The van der Waals surface area contributed by atoms with Crippen molar-refractivity contribution in [3.05, 3.63) is 0 Å². The highest BCUT2D eigenvalue weighted by atomic mass is 16.3. The topological polar surface area (TPSA) is 80.9 Å². The summed E-state index contributed by atoms with van der Waals surface area (Å²) >= 11 is 0. The molecule has 84 valence electrons. The summed E-state index contributed by atoms with van der Waals surface area (Å²) in [7, 11) is 0. The van der Waals surface area contributed by atoms with E-state index in [1.165, 1.54) is 0 Å². The molecule has 4 N–H and O–H groups in total. The Hall–Kier alpha value is -0.160. The zero-order valence-corrected chi connectivity index (χ0v) is 8.39. The van der Waals surface area contributed by atoms with E-state index < -0.39 is 24.2 Å². The molecular weight excluding hydrogens is 184 g/mol. The lowest BCUT2D eigenvalue weighted by atomic mass is 9.77. The molecule has 3 atom stereocenters. The summed E-state index contributed by atoms with van der Waals surface area (Å²) in [6.07, 6.45) is 3.04. The van der Waals surface area contributed by atoms with Crippen molar-refractivity contribution in [1.82, 2.24) is 0 Å². The molecule has 1 saturated carbocycles. The molecule has 0 aromatic rings. The van der Waals surface area contributed by atoms with E-state index in [-0.39, 0.29) is 6.61 Å². The van der Waals surface area contributed by atoms with Gasteiger partial charge < -0.3 is 20.4 Å². The zero-order chi connectivity index (χ0) is 10.6. The molecule has 0 aromatic heterocycles. The predicted octanol–water partition coefficient (Wildman–Crippen LogP) is -0.357. The monoisotopic (exact) mass is 204 g/mol. The molecule has 0 spiro atoms. The van der Waals surface area contributed by atoms with Gasteiger partial charge in [-0.15, -0.1) is 0 Å². The quantitative estimate of drug-likeness (QED) is 0.495. The minimum absolute atomic E-state index is 0.280. The lowest BCUT2D eigenvalue weighted by Gasteiger charge is -2.38. The Morgan fingerprint density at radius 3 is 2.43 bits per heavy atom. The van der Waals surface area contributed by atoms with Crippen LogP contribution in [0.2, 0.25) is 0 Å². The highest BCUT2D eigenvalue weighted by Gasteiger charge is 2.40.